The molecule has 3 aromatic rings. The third-order valence-electron chi connectivity index (χ3n) is 5.04. The van der Waals surface area contributed by atoms with Crippen LogP contribution >= 0.6 is 0 Å². The Kier molecular flexibility index (Phi) is 7.05. The monoisotopic (exact) mass is 488 g/mol. The Morgan fingerprint density at radius 3 is 2.42 bits per heavy atom. The van der Waals surface area contributed by atoms with Crippen molar-refractivity contribution in [2.75, 3.05) is 13.7 Å². The number of carbonyl (C=O) groups excluding carboxylic acids is 2. The summed E-state index contributed by atoms with van der Waals surface area (Å²) in [6.07, 6.45) is 1.53. The minimum Gasteiger partial charge on any atom is -0.497 e. The topological polar surface area (TPSA) is 127 Å². The Hall–Kier alpha value is -4.99. The SMILES string of the molecule is CCOc1cc(/C=C2\N=C(c3ccc(OC)cc3)OC2=O)ccc1OC(=O)c1ccc([N+](=O)[O-])cc1. The molecule has 10 heteroatoms. The highest BCUT2D eigenvalue weighted by atomic mass is 16.6. The number of nitro groups is 1. The van der Waals surface area contributed by atoms with Crippen molar-refractivity contribution in [1.82, 2.24) is 0 Å². The van der Waals surface area contributed by atoms with E-state index in [0.29, 0.717) is 23.5 Å². The number of aliphatic imine (C=N–C) groups is 1. The van der Waals surface area contributed by atoms with Crippen LogP contribution in [-0.4, -0.2) is 36.5 Å². The van der Waals surface area contributed by atoms with E-state index in [1.165, 1.54) is 36.4 Å². The summed E-state index contributed by atoms with van der Waals surface area (Å²) in [4.78, 5) is 39.4. The number of cyclic esters (lactones) is 1. The molecule has 10 nitrogen and oxygen atoms in total. The van der Waals surface area contributed by atoms with Crippen molar-refractivity contribution >= 4 is 29.6 Å². The molecule has 3 aromatic carbocycles. The standard InChI is InChI=1S/C26H20N2O8/c1-3-34-23-15-16(4-13-22(23)35-25(29)18-5-9-19(10-6-18)28(31)32)14-21-26(30)36-24(27-21)17-7-11-20(33-2)12-8-17/h4-15H,3H2,1-2H3/b21-14-. The number of hydrogen-bond donors (Lipinski definition) is 0. The second kappa shape index (κ2) is 10.5. The van der Waals surface area contributed by atoms with Gasteiger partial charge in [-0.2, -0.15) is 0 Å². The molecule has 0 amide bonds. The van der Waals surface area contributed by atoms with Crippen LogP contribution in [0.4, 0.5) is 5.69 Å². The van der Waals surface area contributed by atoms with Gasteiger partial charge < -0.3 is 18.9 Å². The largest absolute Gasteiger partial charge is 0.497 e. The average molecular weight is 488 g/mol. The molecule has 0 unspecified atom stereocenters. The molecule has 0 fully saturated rings. The van der Waals surface area contributed by atoms with Crippen LogP contribution in [0.5, 0.6) is 17.2 Å². The Morgan fingerprint density at radius 1 is 1.06 bits per heavy atom. The highest BCUT2D eigenvalue weighted by Crippen LogP contribution is 2.31. The number of benzene rings is 3. The van der Waals surface area contributed by atoms with Gasteiger partial charge in [-0.25, -0.2) is 14.6 Å². The Labute approximate surface area is 205 Å². The summed E-state index contributed by atoms with van der Waals surface area (Å²) in [7, 11) is 1.56. The summed E-state index contributed by atoms with van der Waals surface area (Å²) in [6.45, 7) is 2.07. The number of rotatable bonds is 8. The van der Waals surface area contributed by atoms with Gasteiger partial charge in [-0.05, 0) is 67.1 Å². The lowest BCUT2D eigenvalue weighted by Crippen LogP contribution is -2.10. The molecule has 0 spiro atoms. The number of nitrogens with zero attached hydrogens (tertiary/aromatic N) is 2. The van der Waals surface area contributed by atoms with Crippen molar-refractivity contribution < 1.29 is 33.5 Å². The van der Waals surface area contributed by atoms with Crippen LogP contribution in [0.25, 0.3) is 6.08 Å². The first-order valence-corrected chi connectivity index (χ1v) is 10.8. The van der Waals surface area contributed by atoms with Crippen LogP contribution in [0.3, 0.4) is 0 Å². The molecule has 1 aliphatic rings. The summed E-state index contributed by atoms with van der Waals surface area (Å²) < 4.78 is 21.5. The molecule has 36 heavy (non-hydrogen) atoms. The molecule has 0 saturated heterocycles. The molecule has 1 heterocycles. The fraction of sp³-hybridized carbons (Fsp3) is 0.115. The predicted molar refractivity (Wildman–Crippen MR) is 129 cm³/mol. The van der Waals surface area contributed by atoms with E-state index in [4.69, 9.17) is 18.9 Å². The maximum Gasteiger partial charge on any atom is 0.363 e. The van der Waals surface area contributed by atoms with Gasteiger partial charge in [-0.3, -0.25) is 10.1 Å². The molecular formula is C26H20N2O8. The predicted octanol–water partition coefficient (Wildman–Crippen LogP) is 4.57. The molecular weight excluding hydrogens is 468 g/mol. The van der Waals surface area contributed by atoms with E-state index < -0.39 is 16.9 Å². The van der Waals surface area contributed by atoms with Gasteiger partial charge in [0, 0.05) is 17.7 Å². The zero-order chi connectivity index (χ0) is 25.7. The van der Waals surface area contributed by atoms with Crippen molar-refractivity contribution in [2.24, 2.45) is 4.99 Å². The molecule has 182 valence electrons. The van der Waals surface area contributed by atoms with E-state index >= 15 is 0 Å². The number of ether oxygens (including phenoxy) is 4. The Morgan fingerprint density at radius 2 is 1.78 bits per heavy atom. The molecule has 1 aliphatic heterocycles. The van der Waals surface area contributed by atoms with Crippen molar-refractivity contribution in [3.05, 3.63) is 99.2 Å². The smallest absolute Gasteiger partial charge is 0.363 e. The number of methoxy groups -OCH3 is 1. The van der Waals surface area contributed by atoms with Crippen LogP contribution in [0.2, 0.25) is 0 Å². The fourth-order valence-electron chi connectivity index (χ4n) is 3.27. The summed E-state index contributed by atoms with van der Waals surface area (Å²) >= 11 is 0. The molecule has 0 N–H and O–H groups in total. The van der Waals surface area contributed by atoms with Crippen molar-refractivity contribution in [3.8, 4) is 17.2 Å². The maximum absolute atomic E-state index is 12.5. The molecule has 0 aliphatic carbocycles. The van der Waals surface area contributed by atoms with Crippen LogP contribution in [-0.2, 0) is 9.53 Å². The molecule has 0 aromatic heterocycles. The Balaban J connectivity index is 1.55. The van der Waals surface area contributed by atoms with E-state index in [0.717, 1.165) is 0 Å². The summed E-state index contributed by atoms with van der Waals surface area (Å²) in [6, 6.07) is 16.7. The van der Waals surface area contributed by atoms with Gasteiger partial charge >= 0.3 is 11.9 Å². The van der Waals surface area contributed by atoms with Crippen molar-refractivity contribution in [2.45, 2.75) is 6.92 Å². The van der Waals surface area contributed by atoms with E-state index in [2.05, 4.69) is 4.99 Å². The lowest BCUT2D eigenvalue weighted by molar-refractivity contribution is -0.384. The quantitative estimate of drug-likeness (QED) is 0.148. The van der Waals surface area contributed by atoms with E-state index in [1.54, 1.807) is 50.4 Å². The second-order valence-electron chi connectivity index (χ2n) is 7.40. The summed E-state index contributed by atoms with van der Waals surface area (Å²) in [5.41, 5.74) is 1.29. The maximum atomic E-state index is 12.5. The van der Waals surface area contributed by atoms with Crippen LogP contribution in [0, 0.1) is 10.1 Å². The Bertz CT molecular complexity index is 1380. The highest BCUT2D eigenvalue weighted by molar-refractivity contribution is 6.12. The lowest BCUT2D eigenvalue weighted by atomic mass is 10.1. The van der Waals surface area contributed by atoms with Gasteiger partial charge in [0.1, 0.15) is 5.75 Å². The third-order valence-corrected chi connectivity index (χ3v) is 5.04. The zero-order valence-corrected chi connectivity index (χ0v) is 19.3. The lowest BCUT2D eigenvalue weighted by Gasteiger charge is -2.11. The molecule has 4 rings (SSSR count). The average Bonchev–Trinajstić information content (AvgIpc) is 3.25. The number of non-ortho nitro benzene ring substituents is 1. The van der Waals surface area contributed by atoms with Gasteiger partial charge in [0.05, 0.1) is 24.2 Å². The van der Waals surface area contributed by atoms with Gasteiger partial charge in [-0.1, -0.05) is 6.07 Å². The second-order valence-corrected chi connectivity index (χ2v) is 7.40. The summed E-state index contributed by atoms with van der Waals surface area (Å²) in [5.74, 6) is -0.0473. The van der Waals surface area contributed by atoms with Crippen LogP contribution < -0.4 is 14.2 Å². The first-order chi connectivity index (χ1) is 17.4. The minimum absolute atomic E-state index is 0.0962. The van der Waals surface area contributed by atoms with Gasteiger partial charge in [0.15, 0.2) is 17.2 Å². The first kappa shape index (κ1) is 24.1. The molecule has 0 radical (unpaired) electrons. The molecule has 0 atom stereocenters. The number of hydrogen-bond acceptors (Lipinski definition) is 9. The van der Waals surface area contributed by atoms with Gasteiger partial charge in [-0.15, -0.1) is 0 Å². The first-order valence-electron chi connectivity index (χ1n) is 10.8. The zero-order valence-electron chi connectivity index (χ0n) is 19.3. The molecule has 0 bridgehead atoms. The summed E-state index contributed by atoms with van der Waals surface area (Å²) in [5, 5.41) is 10.8. The van der Waals surface area contributed by atoms with Gasteiger partial charge in [0.2, 0.25) is 5.90 Å². The third kappa shape index (κ3) is 5.39. The van der Waals surface area contributed by atoms with E-state index in [1.807, 2.05) is 0 Å². The minimum atomic E-state index is -0.704. The van der Waals surface area contributed by atoms with Crippen molar-refractivity contribution in [1.29, 1.82) is 0 Å². The van der Waals surface area contributed by atoms with Gasteiger partial charge in [0.25, 0.3) is 5.69 Å². The molecule has 0 saturated carbocycles. The fourth-order valence-corrected chi connectivity index (χ4v) is 3.27. The van der Waals surface area contributed by atoms with E-state index in [-0.39, 0.29) is 34.3 Å². The van der Waals surface area contributed by atoms with Crippen molar-refractivity contribution in [3.63, 3.8) is 0 Å². The number of carbonyl (C=O) groups is 2. The number of esters is 2. The van der Waals surface area contributed by atoms with Crippen LogP contribution in [0.1, 0.15) is 28.4 Å². The van der Waals surface area contributed by atoms with E-state index in [9.17, 15) is 19.7 Å². The highest BCUT2D eigenvalue weighted by Gasteiger charge is 2.24. The number of nitro benzene ring substituents is 1. The van der Waals surface area contributed by atoms with Crippen LogP contribution in [0.15, 0.2) is 77.4 Å². The normalized spacial score (nSPS) is 13.7.